The minimum atomic E-state index is -4.55. The van der Waals surface area contributed by atoms with Gasteiger partial charge in [-0.15, -0.1) is 0 Å². The van der Waals surface area contributed by atoms with Gasteiger partial charge in [0.1, 0.15) is 23.5 Å². The largest absolute Gasteiger partial charge is 0.433 e. The number of rotatable bonds is 4. The summed E-state index contributed by atoms with van der Waals surface area (Å²) >= 11 is 0. The average Bonchev–Trinajstić information content (AvgIpc) is 3.52. The van der Waals surface area contributed by atoms with E-state index in [4.69, 9.17) is 0 Å². The summed E-state index contributed by atoms with van der Waals surface area (Å²) in [5.41, 5.74) is -2.50. The number of piperidine rings is 1. The molecule has 30 heavy (non-hydrogen) atoms. The van der Waals surface area contributed by atoms with Gasteiger partial charge < -0.3 is 14.8 Å². The maximum atomic E-state index is 13.0. The summed E-state index contributed by atoms with van der Waals surface area (Å²) in [5.74, 6) is -0.223. The van der Waals surface area contributed by atoms with E-state index in [2.05, 4.69) is 15.0 Å². The van der Waals surface area contributed by atoms with Crippen molar-refractivity contribution in [1.29, 1.82) is 0 Å². The molecule has 1 saturated carbocycles. The average molecular weight is 424 g/mol. The van der Waals surface area contributed by atoms with E-state index in [1.807, 2.05) is 9.88 Å². The van der Waals surface area contributed by atoms with Crippen LogP contribution in [0.25, 0.3) is 0 Å². The van der Waals surface area contributed by atoms with Crippen molar-refractivity contribution in [3.05, 3.63) is 50.7 Å². The standard InChI is InChI=1S/C18H19F3N6O3/c19-18(20,21)13-8-14(23-9-22-13)27(10-1-2-10)11-3-5-26(6-4-11)16(29)12-7-15(28)25-17(30)24-12/h7-11H,1-6H2,(H2,24,25,28,30). The maximum Gasteiger partial charge on any atom is 0.433 e. The van der Waals surface area contributed by atoms with Gasteiger partial charge in [-0.3, -0.25) is 14.6 Å². The molecule has 0 atom stereocenters. The third-order valence-electron chi connectivity index (χ3n) is 5.28. The second-order valence-corrected chi connectivity index (χ2v) is 7.42. The second-order valence-electron chi connectivity index (χ2n) is 7.42. The molecule has 2 fully saturated rings. The zero-order chi connectivity index (χ0) is 21.5. The Kier molecular flexibility index (Phi) is 5.08. The summed E-state index contributed by atoms with van der Waals surface area (Å²) < 4.78 is 39.1. The normalized spacial score (nSPS) is 17.8. The second kappa shape index (κ2) is 7.58. The van der Waals surface area contributed by atoms with E-state index >= 15 is 0 Å². The predicted molar refractivity (Wildman–Crippen MR) is 99.1 cm³/mol. The van der Waals surface area contributed by atoms with Gasteiger partial charge in [0, 0.05) is 37.3 Å². The molecule has 2 aromatic rings. The number of amides is 1. The Morgan fingerprint density at radius 2 is 1.70 bits per heavy atom. The summed E-state index contributed by atoms with van der Waals surface area (Å²) in [4.78, 5) is 50.6. The van der Waals surface area contributed by atoms with Gasteiger partial charge >= 0.3 is 11.9 Å². The van der Waals surface area contributed by atoms with Crippen LogP contribution in [0.3, 0.4) is 0 Å². The van der Waals surface area contributed by atoms with Crippen LogP contribution in [0.1, 0.15) is 41.9 Å². The van der Waals surface area contributed by atoms with Crippen LogP contribution in [0.5, 0.6) is 0 Å². The van der Waals surface area contributed by atoms with E-state index in [0.717, 1.165) is 31.3 Å². The lowest BCUT2D eigenvalue weighted by molar-refractivity contribution is -0.141. The molecule has 160 valence electrons. The van der Waals surface area contributed by atoms with Crippen molar-refractivity contribution in [3.8, 4) is 0 Å². The summed E-state index contributed by atoms with van der Waals surface area (Å²) in [6.07, 6.45) is -0.818. The van der Waals surface area contributed by atoms with Crippen LogP contribution in [-0.2, 0) is 6.18 Å². The Hall–Kier alpha value is -3.18. The van der Waals surface area contributed by atoms with Gasteiger partial charge in [-0.1, -0.05) is 0 Å². The highest BCUT2D eigenvalue weighted by Crippen LogP contribution is 2.37. The lowest BCUT2D eigenvalue weighted by Crippen LogP contribution is -2.48. The highest BCUT2D eigenvalue weighted by Gasteiger charge is 2.39. The quantitative estimate of drug-likeness (QED) is 0.761. The lowest BCUT2D eigenvalue weighted by atomic mass is 10.0. The third-order valence-corrected chi connectivity index (χ3v) is 5.28. The van der Waals surface area contributed by atoms with E-state index in [9.17, 15) is 27.6 Å². The first-order valence-electron chi connectivity index (χ1n) is 9.53. The molecule has 0 aromatic carbocycles. The smallest absolute Gasteiger partial charge is 0.350 e. The number of aromatic nitrogens is 4. The van der Waals surface area contributed by atoms with Crippen LogP contribution in [0.4, 0.5) is 19.0 Å². The van der Waals surface area contributed by atoms with Crippen LogP contribution in [-0.4, -0.2) is 55.9 Å². The number of aromatic amines is 2. The number of halogens is 3. The van der Waals surface area contributed by atoms with Crippen molar-refractivity contribution in [2.75, 3.05) is 18.0 Å². The molecule has 1 amide bonds. The Balaban J connectivity index is 1.49. The van der Waals surface area contributed by atoms with Crippen molar-refractivity contribution in [2.45, 2.75) is 43.9 Å². The molecule has 4 rings (SSSR count). The van der Waals surface area contributed by atoms with Crippen molar-refractivity contribution < 1.29 is 18.0 Å². The maximum absolute atomic E-state index is 13.0. The van der Waals surface area contributed by atoms with Crippen LogP contribution in [0, 0.1) is 0 Å². The van der Waals surface area contributed by atoms with Gasteiger partial charge in [0.2, 0.25) is 0 Å². The van der Waals surface area contributed by atoms with Gasteiger partial charge in [-0.2, -0.15) is 13.2 Å². The molecular weight excluding hydrogens is 405 g/mol. The molecule has 1 saturated heterocycles. The number of nitrogens with one attached hydrogen (secondary N) is 2. The molecule has 3 heterocycles. The van der Waals surface area contributed by atoms with E-state index in [1.165, 1.54) is 4.90 Å². The number of hydrogen-bond acceptors (Lipinski definition) is 6. The van der Waals surface area contributed by atoms with Crippen LogP contribution in [0.15, 0.2) is 28.0 Å². The van der Waals surface area contributed by atoms with Gasteiger partial charge in [-0.25, -0.2) is 14.8 Å². The zero-order valence-electron chi connectivity index (χ0n) is 15.8. The minimum Gasteiger partial charge on any atom is -0.350 e. The molecule has 2 aromatic heterocycles. The molecule has 0 radical (unpaired) electrons. The highest BCUT2D eigenvalue weighted by atomic mass is 19.4. The summed E-state index contributed by atoms with van der Waals surface area (Å²) in [7, 11) is 0. The Morgan fingerprint density at radius 1 is 1.03 bits per heavy atom. The van der Waals surface area contributed by atoms with Gasteiger partial charge in [0.15, 0.2) is 0 Å². The van der Waals surface area contributed by atoms with Crippen molar-refractivity contribution in [1.82, 2.24) is 24.8 Å². The first kappa shape index (κ1) is 20.1. The Morgan fingerprint density at radius 3 is 2.30 bits per heavy atom. The number of anilines is 1. The first-order chi connectivity index (χ1) is 14.2. The van der Waals surface area contributed by atoms with Crippen LogP contribution < -0.4 is 16.1 Å². The summed E-state index contributed by atoms with van der Waals surface area (Å²) in [6.45, 7) is 0.692. The third kappa shape index (κ3) is 4.21. The molecule has 1 aliphatic heterocycles. The topological polar surface area (TPSA) is 115 Å². The predicted octanol–water partition coefficient (Wildman–Crippen LogP) is 1.15. The van der Waals surface area contributed by atoms with Gasteiger partial charge in [-0.05, 0) is 25.7 Å². The van der Waals surface area contributed by atoms with Crippen molar-refractivity contribution in [2.24, 2.45) is 0 Å². The zero-order valence-corrected chi connectivity index (χ0v) is 15.8. The van der Waals surface area contributed by atoms with Crippen molar-refractivity contribution in [3.63, 3.8) is 0 Å². The molecule has 2 N–H and O–H groups in total. The summed E-state index contributed by atoms with van der Waals surface area (Å²) in [6, 6.07) is 2.05. The molecule has 12 heteroatoms. The molecule has 0 bridgehead atoms. The monoisotopic (exact) mass is 424 g/mol. The van der Waals surface area contributed by atoms with E-state index in [-0.39, 0.29) is 23.6 Å². The number of H-pyrrole nitrogens is 2. The molecule has 2 aliphatic rings. The van der Waals surface area contributed by atoms with E-state index in [0.29, 0.717) is 25.9 Å². The molecule has 0 spiro atoms. The minimum absolute atomic E-state index is 0.0734. The lowest BCUT2D eigenvalue weighted by Gasteiger charge is -2.39. The van der Waals surface area contributed by atoms with Crippen molar-refractivity contribution >= 4 is 11.7 Å². The number of likely N-dealkylation sites (tertiary alicyclic amines) is 1. The Bertz CT molecular complexity index is 1030. The fourth-order valence-corrected chi connectivity index (χ4v) is 3.77. The van der Waals surface area contributed by atoms with Crippen LogP contribution in [0.2, 0.25) is 0 Å². The van der Waals surface area contributed by atoms with E-state index in [1.54, 1.807) is 0 Å². The van der Waals surface area contributed by atoms with Gasteiger partial charge in [0.25, 0.3) is 11.5 Å². The number of alkyl halides is 3. The SMILES string of the molecule is O=C(c1cc(=O)[nH]c(=O)[nH]1)N1CCC(N(c2cc(C(F)(F)F)ncn2)C2CC2)CC1. The molecular formula is C18H19F3N6O3. The first-order valence-corrected chi connectivity index (χ1v) is 9.53. The fourth-order valence-electron chi connectivity index (χ4n) is 3.77. The number of carbonyl (C=O) groups excluding carboxylic acids is 1. The number of hydrogen-bond donors (Lipinski definition) is 2. The summed E-state index contributed by atoms with van der Waals surface area (Å²) in [5, 5.41) is 0. The Labute approximate surface area is 168 Å². The number of nitrogens with zero attached hydrogens (tertiary/aromatic N) is 4. The molecule has 0 unspecified atom stereocenters. The van der Waals surface area contributed by atoms with E-state index < -0.39 is 29.0 Å². The molecule has 1 aliphatic carbocycles. The number of carbonyl (C=O) groups is 1. The molecule has 9 nitrogen and oxygen atoms in total. The van der Waals surface area contributed by atoms with Gasteiger partial charge in [0.05, 0.1) is 0 Å². The fraction of sp³-hybridized carbons (Fsp3) is 0.500. The van der Waals surface area contributed by atoms with Crippen LogP contribution >= 0.6 is 0 Å². The highest BCUT2D eigenvalue weighted by molar-refractivity contribution is 5.92.